The van der Waals surface area contributed by atoms with Crippen molar-refractivity contribution in [3.63, 3.8) is 0 Å². The van der Waals surface area contributed by atoms with Crippen molar-refractivity contribution in [2.45, 2.75) is 0 Å². The molecule has 2 heterocycles. The zero-order chi connectivity index (χ0) is 11.5. The van der Waals surface area contributed by atoms with E-state index >= 15 is 0 Å². The number of para-hydroxylation sites is 2. The number of nitrogens with one attached hydrogen (secondary N) is 1. The molecule has 0 saturated carbocycles. The molecule has 6 heteroatoms. The Morgan fingerprint density at radius 1 is 1.35 bits per heavy atom. The van der Waals surface area contributed by atoms with Crippen molar-refractivity contribution in [1.29, 1.82) is 0 Å². The first-order valence-corrected chi connectivity index (χ1v) is 5.84. The predicted octanol–water partition coefficient (Wildman–Crippen LogP) is 2.73. The monoisotopic (exact) mass is 244 g/mol. The van der Waals surface area contributed by atoms with E-state index in [2.05, 4.69) is 20.5 Å². The van der Waals surface area contributed by atoms with E-state index in [9.17, 15) is 0 Å². The van der Waals surface area contributed by atoms with E-state index in [1.807, 2.05) is 29.6 Å². The molecular formula is C11H8N4OS. The maximum absolute atomic E-state index is 5.43. The lowest BCUT2D eigenvalue weighted by Gasteiger charge is -1.89. The third-order valence-corrected chi connectivity index (χ3v) is 2.79. The van der Waals surface area contributed by atoms with Gasteiger partial charge >= 0.3 is 6.01 Å². The fourth-order valence-electron chi connectivity index (χ4n) is 1.36. The fourth-order valence-corrected chi connectivity index (χ4v) is 1.86. The van der Waals surface area contributed by atoms with Gasteiger partial charge in [-0.3, -0.25) is 0 Å². The first-order chi connectivity index (χ1) is 8.42. The topological polar surface area (TPSA) is 63.3 Å². The second-order valence-corrected chi connectivity index (χ2v) is 4.15. The summed E-state index contributed by atoms with van der Waals surface area (Å²) in [6.07, 6.45) is 3.35. The van der Waals surface area contributed by atoms with Crippen molar-refractivity contribution in [2.75, 3.05) is 5.43 Å². The summed E-state index contributed by atoms with van der Waals surface area (Å²) in [6, 6.07) is 7.93. The average Bonchev–Trinajstić information content (AvgIpc) is 2.96. The summed E-state index contributed by atoms with van der Waals surface area (Å²) in [4.78, 5) is 8.29. The molecule has 0 aliphatic heterocycles. The Morgan fingerprint density at radius 2 is 2.29 bits per heavy atom. The largest absolute Gasteiger partial charge is 0.422 e. The van der Waals surface area contributed by atoms with Gasteiger partial charge in [-0.2, -0.15) is 10.1 Å². The van der Waals surface area contributed by atoms with Crippen molar-refractivity contribution in [3.05, 3.63) is 40.8 Å². The summed E-state index contributed by atoms with van der Waals surface area (Å²) in [5.41, 5.74) is 4.27. The number of benzene rings is 1. The Labute approximate surface area is 101 Å². The normalized spacial score (nSPS) is 11.3. The van der Waals surface area contributed by atoms with Gasteiger partial charge in [-0.1, -0.05) is 12.1 Å². The second-order valence-electron chi connectivity index (χ2n) is 3.23. The lowest BCUT2D eigenvalue weighted by molar-refractivity contribution is 0.617. The molecule has 0 amide bonds. The van der Waals surface area contributed by atoms with Crippen LogP contribution in [0.2, 0.25) is 0 Å². The first-order valence-electron chi connectivity index (χ1n) is 4.96. The molecule has 5 nitrogen and oxygen atoms in total. The Balaban J connectivity index is 1.77. The van der Waals surface area contributed by atoms with Gasteiger partial charge < -0.3 is 4.42 Å². The van der Waals surface area contributed by atoms with Gasteiger partial charge in [-0.25, -0.2) is 10.4 Å². The molecule has 3 aromatic rings. The van der Waals surface area contributed by atoms with Gasteiger partial charge in [-0.05, 0) is 12.1 Å². The van der Waals surface area contributed by atoms with E-state index < -0.39 is 0 Å². The van der Waals surface area contributed by atoms with Crippen LogP contribution in [-0.2, 0) is 0 Å². The SMILES string of the molecule is C(=NNc1nc2ccccc2o1)c1nccs1. The third kappa shape index (κ3) is 2.16. The standard InChI is InChI=1S/C11H8N4OS/c1-2-4-9-8(3-1)14-11(16-9)15-13-7-10-12-5-6-17-10/h1-7H,(H,14,15). The number of anilines is 1. The lowest BCUT2D eigenvalue weighted by Crippen LogP contribution is -1.89. The maximum atomic E-state index is 5.43. The second kappa shape index (κ2) is 4.34. The molecule has 17 heavy (non-hydrogen) atoms. The van der Waals surface area contributed by atoms with Gasteiger partial charge in [0.1, 0.15) is 10.5 Å². The van der Waals surface area contributed by atoms with Crippen LogP contribution >= 0.6 is 11.3 Å². The molecule has 0 saturated heterocycles. The number of fused-ring (bicyclic) bond motifs is 1. The summed E-state index contributed by atoms with van der Waals surface area (Å²) in [7, 11) is 0. The van der Waals surface area contributed by atoms with Crippen LogP contribution in [0.15, 0.2) is 45.4 Å². The van der Waals surface area contributed by atoms with Gasteiger partial charge in [0.2, 0.25) is 0 Å². The zero-order valence-electron chi connectivity index (χ0n) is 8.70. The van der Waals surface area contributed by atoms with Gasteiger partial charge in [0.25, 0.3) is 0 Å². The van der Waals surface area contributed by atoms with Crippen LogP contribution in [0.5, 0.6) is 0 Å². The molecule has 0 radical (unpaired) electrons. The number of hydrogen-bond acceptors (Lipinski definition) is 6. The minimum absolute atomic E-state index is 0.374. The summed E-state index contributed by atoms with van der Waals surface area (Å²) >= 11 is 1.51. The van der Waals surface area contributed by atoms with E-state index in [-0.39, 0.29) is 0 Å². The summed E-state index contributed by atoms with van der Waals surface area (Å²) in [6.45, 7) is 0. The number of aromatic nitrogens is 2. The van der Waals surface area contributed by atoms with E-state index in [4.69, 9.17) is 4.42 Å². The third-order valence-electron chi connectivity index (χ3n) is 2.08. The molecular weight excluding hydrogens is 236 g/mol. The molecule has 0 aliphatic carbocycles. The lowest BCUT2D eigenvalue weighted by atomic mass is 10.3. The highest BCUT2D eigenvalue weighted by atomic mass is 32.1. The molecule has 0 unspecified atom stereocenters. The summed E-state index contributed by atoms with van der Waals surface area (Å²) in [5, 5.41) is 6.71. The van der Waals surface area contributed by atoms with Crippen LogP contribution in [0.1, 0.15) is 5.01 Å². The number of oxazole rings is 1. The molecule has 0 bridgehead atoms. The van der Waals surface area contributed by atoms with Crippen LogP contribution in [-0.4, -0.2) is 16.2 Å². The number of hydrazone groups is 1. The van der Waals surface area contributed by atoms with Gasteiger partial charge in [0.15, 0.2) is 5.58 Å². The highest BCUT2D eigenvalue weighted by Gasteiger charge is 2.02. The van der Waals surface area contributed by atoms with E-state index in [1.165, 1.54) is 11.3 Å². The molecule has 0 fully saturated rings. The fraction of sp³-hybridized carbons (Fsp3) is 0. The van der Waals surface area contributed by atoms with Crippen LogP contribution in [0, 0.1) is 0 Å². The smallest absolute Gasteiger partial charge is 0.316 e. The van der Waals surface area contributed by atoms with Crippen LogP contribution in [0.4, 0.5) is 6.01 Å². The van der Waals surface area contributed by atoms with Gasteiger partial charge in [0, 0.05) is 11.6 Å². The first kappa shape index (κ1) is 9.98. The van der Waals surface area contributed by atoms with Crippen molar-refractivity contribution in [2.24, 2.45) is 5.10 Å². The van der Waals surface area contributed by atoms with E-state index in [1.54, 1.807) is 12.4 Å². The maximum Gasteiger partial charge on any atom is 0.316 e. The molecule has 3 rings (SSSR count). The molecule has 2 aromatic heterocycles. The highest BCUT2D eigenvalue weighted by Crippen LogP contribution is 2.17. The molecule has 1 N–H and O–H groups in total. The van der Waals surface area contributed by atoms with Crippen molar-refractivity contribution < 1.29 is 4.42 Å². The minimum atomic E-state index is 0.374. The Morgan fingerprint density at radius 3 is 3.12 bits per heavy atom. The van der Waals surface area contributed by atoms with Gasteiger partial charge in [0.05, 0.1) is 6.21 Å². The predicted molar refractivity (Wildman–Crippen MR) is 67.3 cm³/mol. The molecule has 0 aliphatic rings. The van der Waals surface area contributed by atoms with Crippen molar-refractivity contribution in [1.82, 2.24) is 9.97 Å². The van der Waals surface area contributed by atoms with Crippen molar-refractivity contribution >= 4 is 34.7 Å². The number of rotatable bonds is 3. The Hall–Kier alpha value is -2.21. The molecule has 0 atom stereocenters. The summed E-state index contributed by atoms with van der Waals surface area (Å²) < 4.78 is 5.43. The minimum Gasteiger partial charge on any atom is -0.422 e. The Kier molecular flexibility index (Phi) is 2.55. The van der Waals surface area contributed by atoms with Crippen molar-refractivity contribution in [3.8, 4) is 0 Å². The average molecular weight is 244 g/mol. The quantitative estimate of drug-likeness (QED) is 0.568. The number of nitrogens with zero attached hydrogens (tertiary/aromatic N) is 3. The number of hydrogen-bond donors (Lipinski definition) is 1. The summed E-state index contributed by atoms with van der Waals surface area (Å²) in [5.74, 6) is 0. The molecule has 84 valence electrons. The number of thiazole rings is 1. The van der Waals surface area contributed by atoms with Gasteiger partial charge in [-0.15, -0.1) is 11.3 Å². The van der Waals surface area contributed by atoms with E-state index in [0.717, 1.165) is 16.1 Å². The van der Waals surface area contributed by atoms with E-state index in [0.29, 0.717) is 6.01 Å². The molecule has 0 spiro atoms. The zero-order valence-corrected chi connectivity index (χ0v) is 9.52. The highest BCUT2D eigenvalue weighted by molar-refractivity contribution is 7.11. The van der Waals surface area contributed by atoms with Crippen LogP contribution < -0.4 is 5.43 Å². The molecule has 1 aromatic carbocycles. The van der Waals surface area contributed by atoms with Crippen LogP contribution in [0.25, 0.3) is 11.1 Å². The van der Waals surface area contributed by atoms with Crippen LogP contribution in [0.3, 0.4) is 0 Å². The Bertz CT molecular complexity index is 611.